The van der Waals surface area contributed by atoms with Gasteiger partial charge in [-0.2, -0.15) is 8.78 Å². The van der Waals surface area contributed by atoms with Gasteiger partial charge in [0.1, 0.15) is 11.6 Å². The Hall–Kier alpha value is -1.95. The maximum atomic E-state index is 12.4. The van der Waals surface area contributed by atoms with E-state index in [9.17, 15) is 8.78 Å². The Morgan fingerprint density at radius 2 is 2.16 bits per heavy atom. The largest absolute Gasteiger partial charge is 0.434 e. The van der Waals surface area contributed by atoms with Crippen LogP contribution < -0.4 is 10.1 Å². The van der Waals surface area contributed by atoms with Crippen LogP contribution in [0.15, 0.2) is 36.7 Å². The molecule has 0 amide bonds. The fraction of sp³-hybridized carbons (Fsp3) is 0.308. The number of aromatic amines is 1. The van der Waals surface area contributed by atoms with E-state index in [4.69, 9.17) is 0 Å². The summed E-state index contributed by atoms with van der Waals surface area (Å²) in [5.74, 6) is 0.967. The van der Waals surface area contributed by atoms with Crippen molar-refractivity contribution in [1.29, 1.82) is 0 Å². The Morgan fingerprint density at radius 1 is 1.37 bits per heavy atom. The highest BCUT2D eigenvalue weighted by atomic mass is 19.3. The number of benzene rings is 1. The number of hydrogen-bond donors (Lipinski definition) is 2. The Balaban J connectivity index is 2.22. The van der Waals surface area contributed by atoms with Crippen molar-refractivity contribution in [3.05, 3.63) is 48.0 Å². The fourth-order valence-corrected chi connectivity index (χ4v) is 1.94. The molecule has 0 saturated carbocycles. The third-order valence-electron chi connectivity index (χ3n) is 2.81. The molecule has 4 nitrogen and oxygen atoms in total. The first-order valence-electron chi connectivity index (χ1n) is 5.90. The van der Waals surface area contributed by atoms with Crippen molar-refractivity contribution in [1.82, 2.24) is 15.3 Å². The van der Waals surface area contributed by atoms with E-state index in [0.717, 1.165) is 5.82 Å². The molecule has 1 unspecified atom stereocenters. The summed E-state index contributed by atoms with van der Waals surface area (Å²) in [6, 6.07) is 6.61. The molecule has 1 atom stereocenters. The van der Waals surface area contributed by atoms with Gasteiger partial charge in [0.2, 0.25) is 0 Å². The summed E-state index contributed by atoms with van der Waals surface area (Å²) >= 11 is 0. The molecule has 0 aliphatic heterocycles. The first kappa shape index (κ1) is 13.5. The van der Waals surface area contributed by atoms with Gasteiger partial charge < -0.3 is 15.0 Å². The normalized spacial score (nSPS) is 12.6. The molecular formula is C13H15F2N3O. The number of nitrogens with one attached hydrogen (secondary N) is 2. The molecule has 0 radical (unpaired) electrons. The highest BCUT2D eigenvalue weighted by molar-refractivity contribution is 5.36. The lowest BCUT2D eigenvalue weighted by Crippen LogP contribution is -2.20. The standard InChI is InChI=1S/C13H15F2N3O/c1-16-10(8-12-17-6-7-18-12)9-4-2-3-5-11(9)19-13(14)15/h2-7,10,13,16H,8H2,1H3,(H,17,18). The molecule has 2 N–H and O–H groups in total. The number of rotatable bonds is 6. The number of aromatic nitrogens is 2. The monoisotopic (exact) mass is 267 g/mol. The summed E-state index contributed by atoms with van der Waals surface area (Å²) in [7, 11) is 1.77. The van der Waals surface area contributed by atoms with Crippen LogP contribution in [0.25, 0.3) is 0 Å². The van der Waals surface area contributed by atoms with Crippen LogP contribution >= 0.6 is 0 Å². The molecule has 0 saturated heterocycles. The minimum absolute atomic E-state index is 0.152. The minimum Gasteiger partial charge on any atom is -0.434 e. The van der Waals surface area contributed by atoms with Crippen LogP contribution in [0.5, 0.6) is 5.75 Å². The third kappa shape index (κ3) is 3.51. The van der Waals surface area contributed by atoms with E-state index >= 15 is 0 Å². The predicted octanol–water partition coefficient (Wildman–Crippen LogP) is 2.51. The molecule has 0 fully saturated rings. The maximum Gasteiger partial charge on any atom is 0.387 e. The summed E-state index contributed by atoms with van der Waals surface area (Å²) in [6.45, 7) is -2.83. The predicted molar refractivity (Wildman–Crippen MR) is 67.2 cm³/mol. The molecule has 2 rings (SSSR count). The lowest BCUT2D eigenvalue weighted by Gasteiger charge is -2.19. The van der Waals surface area contributed by atoms with E-state index in [1.807, 2.05) is 0 Å². The summed E-state index contributed by atoms with van der Waals surface area (Å²) < 4.78 is 29.3. The van der Waals surface area contributed by atoms with Crippen molar-refractivity contribution in [2.45, 2.75) is 19.1 Å². The zero-order valence-electron chi connectivity index (χ0n) is 10.4. The average Bonchev–Trinajstić information content (AvgIpc) is 2.89. The van der Waals surface area contributed by atoms with Gasteiger partial charge in [-0.05, 0) is 13.1 Å². The van der Waals surface area contributed by atoms with Crippen molar-refractivity contribution < 1.29 is 13.5 Å². The third-order valence-corrected chi connectivity index (χ3v) is 2.81. The molecule has 2 aromatic rings. The van der Waals surface area contributed by atoms with Gasteiger partial charge in [0.05, 0.1) is 0 Å². The Bertz CT molecular complexity index is 502. The lowest BCUT2D eigenvalue weighted by molar-refractivity contribution is -0.0507. The number of para-hydroxylation sites is 1. The van der Waals surface area contributed by atoms with E-state index < -0.39 is 6.61 Å². The first-order valence-corrected chi connectivity index (χ1v) is 5.90. The van der Waals surface area contributed by atoms with Gasteiger partial charge in [0.15, 0.2) is 0 Å². The highest BCUT2D eigenvalue weighted by Gasteiger charge is 2.17. The number of hydrogen-bond acceptors (Lipinski definition) is 3. The molecule has 0 aliphatic rings. The molecule has 0 spiro atoms. The summed E-state index contributed by atoms with van der Waals surface area (Å²) in [5, 5.41) is 3.09. The molecular weight excluding hydrogens is 252 g/mol. The zero-order chi connectivity index (χ0) is 13.7. The van der Waals surface area contributed by atoms with Gasteiger partial charge in [-0.15, -0.1) is 0 Å². The summed E-state index contributed by atoms with van der Waals surface area (Å²) in [5.41, 5.74) is 0.682. The van der Waals surface area contributed by atoms with E-state index in [1.165, 1.54) is 6.07 Å². The average molecular weight is 267 g/mol. The van der Waals surface area contributed by atoms with Crippen molar-refractivity contribution in [3.8, 4) is 5.75 Å². The van der Waals surface area contributed by atoms with Crippen LogP contribution in [0.4, 0.5) is 8.78 Å². The van der Waals surface area contributed by atoms with E-state index in [2.05, 4.69) is 20.0 Å². The van der Waals surface area contributed by atoms with E-state index in [0.29, 0.717) is 12.0 Å². The summed E-state index contributed by atoms with van der Waals surface area (Å²) in [4.78, 5) is 7.13. The SMILES string of the molecule is CNC(Cc1ncc[nH]1)c1ccccc1OC(F)F. The Labute approximate surface area is 109 Å². The van der Waals surface area contributed by atoms with Crippen molar-refractivity contribution in [2.24, 2.45) is 0 Å². The highest BCUT2D eigenvalue weighted by Crippen LogP contribution is 2.28. The smallest absolute Gasteiger partial charge is 0.387 e. The second-order valence-electron chi connectivity index (χ2n) is 4.00. The second kappa shape index (κ2) is 6.29. The van der Waals surface area contributed by atoms with Crippen LogP contribution in [-0.2, 0) is 6.42 Å². The number of ether oxygens (including phenoxy) is 1. The van der Waals surface area contributed by atoms with Gasteiger partial charge in [-0.25, -0.2) is 4.98 Å². The van der Waals surface area contributed by atoms with Gasteiger partial charge in [-0.3, -0.25) is 0 Å². The van der Waals surface area contributed by atoms with Gasteiger partial charge in [0, 0.05) is 30.4 Å². The Morgan fingerprint density at radius 3 is 2.79 bits per heavy atom. The van der Waals surface area contributed by atoms with E-state index in [1.54, 1.807) is 37.6 Å². The number of likely N-dealkylation sites (N-methyl/N-ethyl adjacent to an activating group) is 1. The van der Waals surface area contributed by atoms with Crippen LogP contribution in [0, 0.1) is 0 Å². The number of imidazole rings is 1. The molecule has 1 heterocycles. The fourth-order valence-electron chi connectivity index (χ4n) is 1.94. The van der Waals surface area contributed by atoms with E-state index in [-0.39, 0.29) is 11.8 Å². The number of halogens is 2. The molecule has 1 aromatic heterocycles. The zero-order valence-corrected chi connectivity index (χ0v) is 10.4. The molecule has 6 heteroatoms. The summed E-state index contributed by atoms with van der Waals surface area (Å²) in [6.07, 6.45) is 3.94. The van der Waals surface area contributed by atoms with Gasteiger partial charge in [-0.1, -0.05) is 18.2 Å². The number of H-pyrrole nitrogens is 1. The molecule has 19 heavy (non-hydrogen) atoms. The Kier molecular flexibility index (Phi) is 4.46. The van der Waals surface area contributed by atoms with Gasteiger partial charge >= 0.3 is 6.61 Å². The quantitative estimate of drug-likeness (QED) is 0.845. The molecule has 0 aliphatic carbocycles. The van der Waals surface area contributed by atoms with Crippen LogP contribution in [0.1, 0.15) is 17.4 Å². The number of nitrogens with zero attached hydrogens (tertiary/aromatic N) is 1. The van der Waals surface area contributed by atoms with Gasteiger partial charge in [0.25, 0.3) is 0 Å². The minimum atomic E-state index is -2.83. The lowest BCUT2D eigenvalue weighted by atomic mass is 10.0. The molecule has 1 aromatic carbocycles. The topological polar surface area (TPSA) is 49.9 Å². The van der Waals surface area contributed by atoms with Crippen molar-refractivity contribution in [3.63, 3.8) is 0 Å². The first-order chi connectivity index (χ1) is 9.20. The van der Waals surface area contributed by atoms with Crippen molar-refractivity contribution >= 4 is 0 Å². The maximum absolute atomic E-state index is 12.4. The number of alkyl halides is 2. The van der Waals surface area contributed by atoms with Crippen molar-refractivity contribution in [2.75, 3.05) is 7.05 Å². The molecule has 0 bridgehead atoms. The van der Waals surface area contributed by atoms with Crippen LogP contribution in [0.3, 0.4) is 0 Å². The second-order valence-corrected chi connectivity index (χ2v) is 4.00. The van der Waals surface area contributed by atoms with Crippen LogP contribution in [0.2, 0.25) is 0 Å². The molecule has 102 valence electrons. The van der Waals surface area contributed by atoms with Crippen LogP contribution in [-0.4, -0.2) is 23.6 Å².